The highest BCUT2D eigenvalue weighted by Gasteiger charge is 2.34. The molecular formula is C15H19NO3S. The number of aryl methyl sites for hydroxylation is 2. The maximum atomic E-state index is 12.6. The molecule has 4 nitrogen and oxygen atoms in total. The van der Waals surface area contributed by atoms with Crippen molar-refractivity contribution in [2.24, 2.45) is 0 Å². The molecule has 1 amide bonds. The number of carboxylic acids is 1. The van der Waals surface area contributed by atoms with Crippen LogP contribution in [0, 0.1) is 0 Å². The maximum absolute atomic E-state index is 12.6. The third kappa shape index (κ3) is 2.87. The van der Waals surface area contributed by atoms with E-state index in [0.717, 1.165) is 30.6 Å². The van der Waals surface area contributed by atoms with Crippen molar-refractivity contribution in [3.05, 3.63) is 21.4 Å². The lowest BCUT2D eigenvalue weighted by atomic mass is 9.99. The molecule has 0 saturated heterocycles. The van der Waals surface area contributed by atoms with Gasteiger partial charge in [-0.1, -0.05) is 0 Å². The second-order valence-corrected chi connectivity index (χ2v) is 6.78. The number of fused-ring (bicyclic) bond motifs is 1. The predicted octanol–water partition coefficient (Wildman–Crippen LogP) is 2.71. The first kappa shape index (κ1) is 13.6. The van der Waals surface area contributed by atoms with E-state index in [-0.39, 0.29) is 18.4 Å². The van der Waals surface area contributed by atoms with E-state index in [1.54, 1.807) is 16.2 Å². The first-order valence-electron chi connectivity index (χ1n) is 7.29. The molecule has 1 aromatic heterocycles. The van der Waals surface area contributed by atoms with Crippen molar-refractivity contribution in [2.45, 2.75) is 51.0 Å². The van der Waals surface area contributed by atoms with Gasteiger partial charge in [-0.3, -0.25) is 9.59 Å². The molecule has 0 unspecified atom stereocenters. The molecule has 2 aliphatic rings. The van der Waals surface area contributed by atoms with Crippen LogP contribution in [0.3, 0.4) is 0 Å². The van der Waals surface area contributed by atoms with Gasteiger partial charge >= 0.3 is 5.97 Å². The first-order chi connectivity index (χ1) is 9.65. The first-order valence-corrected chi connectivity index (χ1v) is 8.11. The summed E-state index contributed by atoms with van der Waals surface area (Å²) in [6.07, 6.45) is 6.65. The van der Waals surface area contributed by atoms with E-state index in [1.165, 1.54) is 23.3 Å². The molecule has 0 atom stereocenters. The van der Waals surface area contributed by atoms with Crippen LogP contribution in [0.4, 0.5) is 0 Å². The Balaban J connectivity index is 1.75. The minimum atomic E-state index is -0.839. The number of hydrogen-bond donors (Lipinski definition) is 1. The molecule has 1 N–H and O–H groups in total. The predicted molar refractivity (Wildman–Crippen MR) is 77.3 cm³/mol. The highest BCUT2D eigenvalue weighted by atomic mass is 32.1. The Hall–Kier alpha value is -1.36. The van der Waals surface area contributed by atoms with Crippen LogP contribution < -0.4 is 0 Å². The largest absolute Gasteiger partial charge is 0.481 e. The third-order valence-electron chi connectivity index (χ3n) is 4.02. The van der Waals surface area contributed by atoms with Crippen molar-refractivity contribution in [3.63, 3.8) is 0 Å². The number of carboxylic acid groups (broad SMARTS) is 1. The zero-order valence-electron chi connectivity index (χ0n) is 11.4. The minimum absolute atomic E-state index is 0.0350. The molecule has 3 rings (SSSR count). The number of nitrogens with zero attached hydrogens (tertiary/aromatic N) is 1. The Bertz CT molecular complexity index is 510. The molecule has 1 saturated carbocycles. The van der Waals surface area contributed by atoms with Crippen LogP contribution in [0.15, 0.2) is 6.07 Å². The van der Waals surface area contributed by atoms with Crippen LogP contribution in [0.1, 0.15) is 52.2 Å². The molecule has 1 heterocycles. The summed E-state index contributed by atoms with van der Waals surface area (Å²) in [4.78, 5) is 27.3. The molecule has 1 aromatic rings. The molecule has 20 heavy (non-hydrogen) atoms. The Kier molecular flexibility index (Phi) is 3.78. The molecular weight excluding hydrogens is 274 g/mol. The van der Waals surface area contributed by atoms with Gasteiger partial charge in [0, 0.05) is 17.5 Å². The molecule has 1 fully saturated rings. The summed E-state index contributed by atoms with van der Waals surface area (Å²) in [5, 5.41) is 8.81. The van der Waals surface area contributed by atoms with E-state index in [0.29, 0.717) is 6.54 Å². The van der Waals surface area contributed by atoms with Crippen molar-refractivity contribution in [1.82, 2.24) is 4.90 Å². The van der Waals surface area contributed by atoms with Gasteiger partial charge in [0.05, 0.1) is 11.3 Å². The van der Waals surface area contributed by atoms with Crippen molar-refractivity contribution in [1.29, 1.82) is 0 Å². The van der Waals surface area contributed by atoms with Gasteiger partial charge in [0.15, 0.2) is 0 Å². The number of rotatable bonds is 5. The van der Waals surface area contributed by atoms with Crippen molar-refractivity contribution < 1.29 is 14.7 Å². The van der Waals surface area contributed by atoms with Gasteiger partial charge in [-0.15, -0.1) is 11.3 Å². The molecule has 2 aliphatic carbocycles. The van der Waals surface area contributed by atoms with E-state index in [2.05, 4.69) is 0 Å². The minimum Gasteiger partial charge on any atom is -0.481 e. The van der Waals surface area contributed by atoms with E-state index < -0.39 is 5.97 Å². The number of carbonyl (C=O) groups excluding carboxylic acids is 1. The van der Waals surface area contributed by atoms with Crippen LogP contribution >= 0.6 is 11.3 Å². The lowest BCUT2D eigenvalue weighted by Crippen LogP contribution is -2.34. The van der Waals surface area contributed by atoms with Gasteiger partial charge in [-0.2, -0.15) is 0 Å². The highest BCUT2D eigenvalue weighted by Crippen LogP contribution is 2.33. The summed E-state index contributed by atoms with van der Waals surface area (Å²) in [5.41, 5.74) is 1.33. The SMILES string of the molecule is O=C(O)CCN(C(=O)c1cc2c(s1)CCCC2)C1CC1. The summed E-state index contributed by atoms with van der Waals surface area (Å²) in [6.45, 7) is 0.335. The standard InChI is InChI=1S/C15H19NO3S/c17-14(18)7-8-16(11-5-6-11)15(19)13-9-10-3-1-2-4-12(10)20-13/h9,11H,1-8H2,(H,17,18). The Morgan fingerprint density at radius 3 is 2.70 bits per heavy atom. The second kappa shape index (κ2) is 5.56. The average molecular weight is 293 g/mol. The van der Waals surface area contributed by atoms with Crippen LogP contribution in [-0.4, -0.2) is 34.5 Å². The second-order valence-electron chi connectivity index (χ2n) is 5.64. The van der Waals surface area contributed by atoms with Crippen LogP contribution in [-0.2, 0) is 17.6 Å². The van der Waals surface area contributed by atoms with E-state index in [1.807, 2.05) is 6.07 Å². The van der Waals surface area contributed by atoms with E-state index >= 15 is 0 Å². The van der Waals surface area contributed by atoms with Gasteiger partial charge in [-0.05, 0) is 50.2 Å². The van der Waals surface area contributed by atoms with Gasteiger partial charge < -0.3 is 10.0 Å². The van der Waals surface area contributed by atoms with Gasteiger partial charge in [0.2, 0.25) is 0 Å². The molecule has 0 aliphatic heterocycles. The molecule has 0 spiro atoms. The third-order valence-corrected chi connectivity index (χ3v) is 5.25. The Morgan fingerprint density at radius 2 is 2.05 bits per heavy atom. The summed E-state index contributed by atoms with van der Waals surface area (Å²) in [7, 11) is 0. The summed E-state index contributed by atoms with van der Waals surface area (Å²) in [6, 6.07) is 2.30. The van der Waals surface area contributed by atoms with E-state index in [9.17, 15) is 9.59 Å². The summed E-state index contributed by atoms with van der Waals surface area (Å²) in [5.74, 6) is -0.804. The zero-order chi connectivity index (χ0) is 14.1. The van der Waals surface area contributed by atoms with Crippen molar-refractivity contribution >= 4 is 23.2 Å². The highest BCUT2D eigenvalue weighted by molar-refractivity contribution is 7.14. The molecule has 0 bridgehead atoms. The zero-order valence-corrected chi connectivity index (χ0v) is 12.2. The lowest BCUT2D eigenvalue weighted by molar-refractivity contribution is -0.137. The Labute approximate surface area is 122 Å². The van der Waals surface area contributed by atoms with E-state index in [4.69, 9.17) is 5.11 Å². The number of aliphatic carboxylic acids is 1. The fourth-order valence-corrected chi connectivity index (χ4v) is 4.00. The fourth-order valence-electron chi connectivity index (χ4n) is 2.79. The molecule has 5 heteroatoms. The fraction of sp³-hybridized carbons (Fsp3) is 0.600. The van der Waals surface area contributed by atoms with Gasteiger partial charge in [0.25, 0.3) is 5.91 Å². The smallest absolute Gasteiger partial charge is 0.305 e. The summed E-state index contributed by atoms with van der Waals surface area (Å²) >= 11 is 1.61. The van der Waals surface area contributed by atoms with Crippen LogP contribution in [0.25, 0.3) is 0 Å². The van der Waals surface area contributed by atoms with Crippen molar-refractivity contribution in [2.75, 3.05) is 6.54 Å². The molecule has 108 valence electrons. The normalized spacial score (nSPS) is 17.6. The van der Waals surface area contributed by atoms with Crippen LogP contribution in [0.5, 0.6) is 0 Å². The molecule has 0 aromatic carbocycles. The number of amides is 1. The number of thiophene rings is 1. The summed E-state index contributed by atoms with van der Waals surface area (Å²) < 4.78 is 0. The monoisotopic (exact) mass is 293 g/mol. The Morgan fingerprint density at radius 1 is 1.30 bits per heavy atom. The van der Waals surface area contributed by atoms with Gasteiger partial charge in [-0.25, -0.2) is 0 Å². The van der Waals surface area contributed by atoms with Gasteiger partial charge in [0.1, 0.15) is 0 Å². The van der Waals surface area contributed by atoms with Crippen LogP contribution in [0.2, 0.25) is 0 Å². The molecule has 0 radical (unpaired) electrons. The lowest BCUT2D eigenvalue weighted by Gasteiger charge is -2.20. The topological polar surface area (TPSA) is 57.6 Å². The quantitative estimate of drug-likeness (QED) is 0.908. The average Bonchev–Trinajstić information content (AvgIpc) is 3.16. The number of carbonyl (C=O) groups is 2. The van der Waals surface area contributed by atoms with Crippen molar-refractivity contribution in [3.8, 4) is 0 Å². The maximum Gasteiger partial charge on any atom is 0.305 e. The number of hydrogen-bond acceptors (Lipinski definition) is 3.